The van der Waals surface area contributed by atoms with Crippen molar-refractivity contribution in [2.75, 3.05) is 13.1 Å². The van der Waals surface area contributed by atoms with Crippen molar-refractivity contribution in [3.8, 4) is 0 Å². The van der Waals surface area contributed by atoms with Crippen molar-refractivity contribution in [2.24, 2.45) is 4.99 Å². The van der Waals surface area contributed by atoms with Gasteiger partial charge < -0.3 is 16.0 Å². The van der Waals surface area contributed by atoms with E-state index in [0.29, 0.717) is 18.5 Å². The summed E-state index contributed by atoms with van der Waals surface area (Å²) in [6, 6.07) is 8.58. The van der Waals surface area contributed by atoms with Crippen LogP contribution in [0.4, 0.5) is 0 Å². The van der Waals surface area contributed by atoms with Gasteiger partial charge >= 0.3 is 0 Å². The molecule has 0 bridgehead atoms. The number of benzene rings is 1. The molecular formula is C16H24N4O. The molecule has 5 heteroatoms. The molecule has 0 saturated heterocycles. The fourth-order valence-electron chi connectivity index (χ4n) is 1.96. The number of rotatable bonds is 6. The number of amides is 1. The van der Waals surface area contributed by atoms with Gasteiger partial charge in [0.1, 0.15) is 0 Å². The van der Waals surface area contributed by atoms with Crippen molar-refractivity contribution in [2.45, 2.75) is 39.3 Å². The third-order valence-electron chi connectivity index (χ3n) is 3.37. The van der Waals surface area contributed by atoms with Crippen LogP contribution in [0.15, 0.2) is 29.3 Å². The number of carbonyl (C=O) groups is 1. The molecule has 0 spiro atoms. The highest BCUT2D eigenvalue weighted by Crippen LogP contribution is 2.18. The highest BCUT2D eigenvalue weighted by atomic mass is 16.2. The van der Waals surface area contributed by atoms with Crippen LogP contribution < -0.4 is 16.0 Å². The maximum atomic E-state index is 11.7. The first kappa shape index (κ1) is 15.4. The Labute approximate surface area is 126 Å². The van der Waals surface area contributed by atoms with E-state index in [4.69, 9.17) is 0 Å². The van der Waals surface area contributed by atoms with Crippen LogP contribution in [-0.4, -0.2) is 31.0 Å². The zero-order chi connectivity index (χ0) is 15.1. The van der Waals surface area contributed by atoms with E-state index in [-0.39, 0.29) is 12.5 Å². The summed E-state index contributed by atoms with van der Waals surface area (Å²) in [5, 5.41) is 9.18. The minimum atomic E-state index is 0.0268. The second-order valence-electron chi connectivity index (χ2n) is 5.32. The Hall–Kier alpha value is -2.04. The number of hydrogen-bond acceptors (Lipinski definition) is 2. The van der Waals surface area contributed by atoms with Gasteiger partial charge in [-0.15, -0.1) is 0 Å². The molecule has 0 radical (unpaired) electrons. The highest BCUT2D eigenvalue weighted by molar-refractivity contribution is 5.86. The zero-order valence-corrected chi connectivity index (χ0v) is 12.8. The normalized spacial score (nSPS) is 14.7. The molecule has 21 heavy (non-hydrogen) atoms. The number of carbonyl (C=O) groups excluding carboxylic acids is 1. The summed E-state index contributed by atoms with van der Waals surface area (Å²) >= 11 is 0. The first-order valence-electron chi connectivity index (χ1n) is 7.55. The monoisotopic (exact) mass is 288 g/mol. The molecule has 0 aliphatic heterocycles. The summed E-state index contributed by atoms with van der Waals surface area (Å²) in [5.74, 6) is 0.700. The Kier molecular flexibility index (Phi) is 5.60. The molecule has 5 nitrogen and oxygen atoms in total. The summed E-state index contributed by atoms with van der Waals surface area (Å²) < 4.78 is 0. The van der Waals surface area contributed by atoms with Crippen molar-refractivity contribution >= 4 is 11.9 Å². The van der Waals surface area contributed by atoms with Gasteiger partial charge in [0.2, 0.25) is 5.91 Å². The van der Waals surface area contributed by atoms with E-state index >= 15 is 0 Å². The number of guanidine groups is 1. The third kappa shape index (κ3) is 5.45. The maximum absolute atomic E-state index is 11.7. The van der Waals surface area contributed by atoms with Gasteiger partial charge in [0.15, 0.2) is 5.96 Å². The SMILES string of the molecule is CCNC(=NCc1ccccc1C)NCC(=O)NC1CC1. The Morgan fingerprint density at radius 3 is 2.71 bits per heavy atom. The van der Waals surface area contributed by atoms with E-state index in [1.165, 1.54) is 11.1 Å². The fraction of sp³-hybridized carbons (Fsp3) is 0.500. The predicted molar refractivity (Wildman–Crippen MR) is 85.2 cm³/mol. The molecule has 114 valence electrons. The van der Waals surface area contributed by atoms with Gasteiger partial charge in [-0.2, -0.15) is 0 Å². The summed E-state index contributed by atoms with van der Waals surface area (Å²) in [6.07, 6.45) is 2.21. The lowest BCUT2D eigenvalue weighted by Crippen LogP contribution is -2.43. The summed E-state index contributed by atoms with van der Waals surface area (Å²) in [6.45, 7) is 5.72. The minimum Gasteiger partial charge on any atom is -0.357 e. The molecule has 1 aliphatic carbocycles. The highest BCUT2D eigenvalue weighted by Gasteiger charge is 2.22. The summed E-state index contributed by atoms with van der Waals surface area (Å²) in [4.78, 5) is 16.2. The second-order valence-corrected chi connectivity index (χ2v) is 5.32. The molecule has 1 aromatic carbocycles. The van der Waals surface area contributed by atoms with Gasteiger partial charge in [-0.25, -0.2) is 4.99 Å². The third-order valence-corrected chi connectivity index (χ3v) is 3.37. The lowest BCUT2D eigenvalue weighted by molar-refractivity contribution is -0.120. The first-order chi connectivity index (χ1) is 10.2. The van der Waals surface area contributed by atoms with Crippen LogP contribution in [0.25, 0.3) is 0 Å². The van der Waals surface area contributed by atoms with E-state index in [1.807, 2.05) is 19.1 Å². The number of hydrogen-bond donors (Lipinski definition) is 3. The van der Waals surface area contributed by atoms with E-state index in [9.17, 15) is 4.79 Å². The smallest absolute Gasteiger partial charge is 0.239 e. The predicted octanol–water partition coefficient (Wildman–Crippen LogP) is 1.33. The molecule has 1 fully saturated rings. The zero-order valence-electron chi connectivity index (χ0n) is 12.8. The lowest BCUT2D eigenvalue weighted by atomic mass is 10.1. The Bertz CT molecular complexity index is 509. The molecule has 0 heterocycles. The molecule has 3 N–H and O–H groups in total. The van der Waals surface area contributed by atoms with Crippen molar-refractivity contribution in [3.05, 3.63) is 35.4 Å². The molecule has 1 aromatic rings. The molecular weight excluding hydrogens is 264 g/mol. The molecule has 0 aromatic heterocycles. The molecule has 1 saturated carbocycles. The molecule has 1 aliphatic rings. The molecule has 0 unspecified atom stereocenters. The number of aliphatic imine (C=N–C) groups is 1. The maximum Gasteiger partial charge on any atom is 0.239 e. The number of nitrogens with zero attached hydrogens (tertiary/aromatic N) is 1. The Balaban J connectivity index is 1.86. The number of aryl methyl sites for hydroxylation is 1. The number of nitrogens with one attached hydrogen (secondary N) is 3. The largest absolute Gasteiger partial charge is 0.357 e. The van der Waals surface area contributed by atoms with Crippen molar-refractivity contribution in [3.63, 3.8) is 0 Å². The second kappa shape index (κ2) is 7.67. The van der Waals surface area contributed by atoms with E-state index in [2.05, 4.69) is 40.0 Å². The van der Waals surface area contributed by atoms with Gasteiger partial charge in [-0.3, -0.25) is 4.79 Å². The molecule has 1 amide bonds. The van der Waals surface area contributed by atoms with Gasteiger partial charge in [0.25, 0.3) is 0 Å². The van der Waals surface area contributed by atoms with Crippen molar-refractivity contribution in [1.29, 1.82) is 0 Å². The minimum absolute atomic E-state index is 0.0268. The first-order valence-corrected chi connectivity index (χ1v) is 7.55. The molecule has 0 atom stereocenters. The Morgan fingerprint density at radius 2 is 2.05 bits per heavy atom. The summed E-state index contributed by atoms with van der Waals surface area (Å²) in [7, 11) is 0. The average Bonchev–Trinajstić information content (AvgIpc) is 3.27. The van der Waals surface area contributed by atoms with Gasteiger partial charge in [-0.1, -0.05) is 24.3 Å². The van der Waals surface area contributed by atoms with E-state index in [0.717, 1.165) is 19.4 Å². The lowest BCUT2D eigenvalue weighted by Gasteiger charge is -2.11. The van der Waals surface area contributed by atoms with Crippen molar-refractivity contribution in [1.82, 2.24) is 16.0 Å². The van der Waals surface area contributed by atoms with Crippen LogP contribution in [0.1, 0.15) is 30.9 Å². The summed E-state index contributed by atoms with van der Waals surface area (Å²) in [5.41, 5.74) is 2.42. The van der Waals surface area contributed by atoms with Gasteiger partial charge in [0.05, 0.1) is 13.1 Å². The quantitative estimate of drug-likeness (QED) is 0.546. The van der Waals surface area contributed by atoms with Crippen LogP contribution in [0.2, 0.25) is 0 Å². The van der Waals surface area contributed by atoms with Crippen LogP contribution in [-0.2, 0) is 11.3 Å². The van der Waals surface area contributed by atoms with E-state index in [1.54, 1.807) is 0 Å². The Morgan fingerprint density at radius 1 is 1.29 bits per heavy atom. The van der Waals surface area contributed by atoms with Crippen LogP contribution >= 0.6 is 0 Å². The molecule has 2 rings (SSSR count). The van der Waals surface area contributed by atoms with Crippen LogP contribution in [0, 0.1) is 6.92 Å². The fourth-order valence-corrected chi connectivity index (χ4v) is 1.96. The van der Waals surface area contributed by atoms with E-state index < -0.39 is 0 Å². The standard InChI is InChI=1S/C16H24N4O/c1-3-17-16(19-11-15(21)20-14-8-9-14)18-10-13-7-5-4-6-12(13)2/h4-7,14H,3,8-11H2,1-2H3,(H,20,21)(H2,17,18,19). The van der Waals surface area contributed by atoms with Crippen LogP contribution in [0.5, 0.6) is 0 Å². The topological polar surface area (TPSA) is 65.5 Å². The average molecular weight is 288 g/mol. The van der Waals surface area contributed by atoms with Gasteiger partial charge in [-0.05, 0) is 37.8 Å². The van der Waals surface area contributed by atoms with Crippen molar-refractivity contribution < 1.29 is 4.79 Å². The van der Waals surface area contributed by atoms with Crippen LogP contribution in [0.3, 0.4) is 0 Å². The van der Waals surface area contributed by atoms with Gasteiger partial charge in [0, 0.05) is 12.6 Å².